The number of hydrogen-bond donors (Lipinski definition) is 1. The van der Waals surface area contributed by atoms with Crippen molar-refractivity contribution in [2.24, 2.45) is 0 Å². The van der Waals surface area contributed by atoms with Gasteiger partial charge in [-0.25, -0.2) is 0 Å². The maximum absolute atomic E-state index is 6.17. The Morgan fingerprint density at radius 3 is 2.93 bits per heavy atom. The molecule has 1 saturated heterocycles. The molecule has 1 aromatic carbocycles. The van der Waals surface area contributed by atoms with Crippen LogP contribution in [0.5, 0.6) is 0 Å². The van der Waals surface area contributed by atoms with Crippen molar-refractivity contribution >= 4 is 51.6 Å². The first kappa shape index (κ1) is 11.9. The molecule has 0 spiro atoms. The predicted molar refractivity (Wildman–Crippen MR) is 78.1 cm³/mol. The van der Waals surface area contributed by atoms with Crippen LogP contribution in [0.3, 0.4) is 0 Å². The van der Waals surface area contributed by atoms with Crippen molar-refractivity contribution in [2.75, 3.05) is 11.1 Å². The van der Waals surface area contributed by atoms with Gasteiger partial charge < -0.3 is 5.32 Å². The van der Waals surface area contributed by atoms with E-state index in [1.165, 1.54) is 15.7 Å². The van der Waals surface area contributed by atoms with E-state index < -0.39 is 0 Å². The molecule has 0 radical (unpaired) electrons. The molecule has 0 bridgehead atoms. The quantitative estimate of drug-likeness (QED) is 0.798. The highest BCUT2D eigenvalue weighted by molar-refractivity contribution is 14.1. The van der Waals surface area contributed by atoms with Gasteiger partial charge in [0.1, 0.15) is 0 Å². The van der Waals surface area contributed by atoms with Gasteiger partial charge in [0.25, 0.3) is 0 Å². The summed E-state index contributed by atoms with van der Waals surface area (Å²) in [6, 6.07) is 6.72. The van der Waals surface area contributed by atoms with Gasteiger partial charge in [-0.15, -0.1) is 0 Å². The number of benzene rings is 1. The number of hydrogen-bond acceptors (Lipinski definition) is 2. The van der Waals surface area contributed by atoms with Crippen LogP contribution in [0.15, 0.2) is 18.2 Å². The lowest BCUT2D eigenvalue weighted by Crippen LogP contribution is -2.19. The van der Waals surface area contributed by atoms with Crippen molar-refractivity contribution in [3.8, 4) is 0 Å². The van der Waals surface area contributed by atoms with E-state index in [2.05, 4.69) is 47.0 Å². The van der Waals surface area contributed by atoms with Gasteiger partial charge in [0.2, 0.25) is 0 Å². The Labute approximate surface area is 113 Å². The summed E-state index contributed by atoms with van der Waals surface area (Å²) >= 11 is 10.5. The Hall–Kier alpha value is 0.390. The summed E-state index contributed by atoms with van der Waals surface area (Å²) in [6.45, 7) is 2.28. The lowest BCUT2D eigenvalue weighted by atomic mass is 10.2. The third-order valence-electron chi connectivity index (χ3n) is 2.49. The highest BCUT2D eigenvalue weighted by Gasteiger charge is 2.21. The normalized spacial score (nSPS) is 25.5. The zero-order chi connectivity index (χ0) is 10.8. The van der Waals surface area contributed by atoms with Crippen molar-refractivity contribution in [1.82, 2.24) is 0 Å². The van der Waals surface area contributed by atoms with E-state index in [-0.39, 0.29) is 0 Å². The standard InChI is InChI=1S/C11H13ClINS/c1-7-4-9(6-15-7)14-11-3-2-8(13)5-10(11)12/h2-3,5,7,9,14H,4,6H2,1H3. The van der Waals surface area contributed by atoms with Crippen molar-refractivity contribution in [3.63, 3.8) is 0 Å². The molecule has 2 unspecified atom stereocenters. The smallest absolute Gasteiger partial charge is 0.0648 e. The van der Waals surface area contributed by atoms with E-state index in [4.69, 9.17) is 11.6 Å². The van der Waals surface area contributed by atoms with Gasteiger partial charge in [0.15, 0.2) is 0 Å². The third-order valence-corrected chi connectivity index (χ3v) is 4.83. The van der Waals surface area contributed by atoms with Crippen LogP contribution in [0.25, 0.3) is 0 Å². The zero-order valence-electron chi connectivity index (χ0n) is 8.47. The van der Waals surface area contributed by atoms with Crippen LogP contribution < -0.4 is 5.32 Å². The molecule has 1 N–H and O–H groups in total. The second-order valence-corrected chi connectivity index (χ2v) is 6.97. The van der Waals surface area contributed by atoms with Crippen molar-refractivity contribution in [3.05, 3.63) is 26.8 Å². The van der Waals surface area contributed by atoms with E-state index in [0.717, 1.165) is 16.0 Å². The summed E-state index contributed by atoms with van der Waals surface area (Å²) in [6.07, 6.45) is 1.23. The van der Waals surface area contributed by atoms with E-state index in [1.807, 2.05) is 17.8 Å². The molecular formula is C11H13ClINS. The Kier molecular flexibility index (Phi) is 4.07. The van der Waals surface area contributed by atoms with E-state index in [9.17, 15) is 0 Å². The molecule has 0 saturated carbocycles. The van der Waals surface area contributed by atoms with E-state index in [1.54, 1.807) is 0 Å². The number of thioether (sulfide) groups is 1. The summed E-state index contributed by atoms with van der Waals surface area (Å²) < 4.78 is 1.18. The van der Waals surface area contributed by atoms with Crippen molar-refractivity contribution < 1.29 is 0 Å². The molecule has 2 atom stereocenters. The second kappa shape index (κ2) is 5.15. The fourth-order valence-electron chi connectivity index (χ4n) is 1.74. The monoisotopic (exact) mass is 353 g/mol. The van der Waals surface area contributed by atoms with Crippen LogP contribution in [0.4, 0.5) is 5.69 Å². The molecule has 0 aliphatic carbocycles. The van der Waals surface area contributed by atoms with Crippen LogP contribution in [0, 0.1) is 3.57 Å². The topological polar surface area (TPSA) is 12.0 Å². The molecule has 1 fully saturated rings. The van der Waals surface area contributed by atoms with Crippen LogP contribution >= 0.6 is 46.0 Å². The van der Waals surface area contributed by atoms with Crippen LogP contribution in [-0.4, -0.2) is 17.0 Å². The summed E-state index contributed by atoms with van der Waals surface area (Å²) in [4.78, 5) is 0. The van der Waals surface area contributed by atoms with Crippen molar-refractivity contribution in [1.29, 1.82) is 0 Å². The SMILES string of the molecule is CC1CC(Nc2ccc(I)cc2Cl)CS1. The molecular weight excluding hydrogens is 341 g/mol. The first-order valence-corrected chi connectivity index (χ1v) is 7.49. The van der Waals surface area contributed by atoms with Gasteiger partial charge in [0, 0.05) is 20.6 Å². The molecule has 0 amide bonds. The lowest BCUT2D eigenvalue weighted by Gasteiger charge is -2.14. The van der Waals surface area contributed by atoms with Gasteiger partial charge in [-0.05, 0) is 47.2 Å². The molecule has 2 rings (SSSR count). The molecule has 4 heteroatoms. The average molecular weight is 354 g/mol. The molecule has 1 aliphatic rings. The summed E-state index contributed by atoms with van der Waals surface area (Å²) in [5.74, 6) is 1.18. The third kappa shape index (κ3) is 3.17. The highest BCUT2D eigenvalue weighted by Crippen LogP contribution is 2.31. The minimum atomic E-state index is 0.572. The maximum atomic E-state index is 6.17. The highest BCUT2D eigenvalue weighted by atomic mass is 127. The maximum Gasteiger partial charge on any atom is 0.0648 e. The zero-order valence-corrected chi connectivity index (χ0v) is 12.2. The number of halogens is 2. The first-order chi connectivity index (χ1) is 7.15. The van der Waals surface area contributed by atoms with E-state index in [0.29, 0.717) is 6.04 Å². The molecule has 0 aromatic heterocycles. The molecule has 82 valence electrons. The Morgan fingerprint density at radius 1 is 1.53 bits per heavy atom. The fourth-order valence-corrected chi connectivity index (χ4v) is 3.80. The van der Waals surface area contributed by atoms with Crippen LogP contribution in [0.2, 0.25) is 5.02 Å². The number of anilines is 1. The van der Waals surface area contributed by atoms with Gasteiger partial charge in [-0.1, -0.05) is 18.5 Å². The fraction of sp³-hybridized carbons (Fsp3) is 0.455. The minimum absolute atomic E-state index is 0.572. The molecule has 15 heavy (non-hydrogen) atoms. The van der Waals surface area contributed by atoms with Gasteiger partial charge in [0.05, 0.1) is 10.7 Å². The summed E-state index contributed by atoms with van der Waals surface area (Å²) in [5, 5.41) is 5.10. The van der Waals surface area contributed by atoms with Gasteiger partial charge >= 0.3 is 0 Å². The number of rotatable bonds is 2. The Bertz CT molecular complexity index is 358. The second-order valence-electron chi connectivity index (χ2n) is 3.85. The molecule has 1 aromatic rings. The van der Waals surface area contributed by atoms with E-state index >= 15 is 0 Å². The Balaban J connectivity index is 2.04. The van der Waals surface area contributed by atoms with Crippen molar-refractivity contribution in [2.45, 2.75) is 24.6 Å². The summed E-state index contributed by atoms with van der Waals surface area (Å²) in [7, 11) is 0. The molecule has 1 heterocycles. The van der Waals surface area contributed by atoms with Crippen LogP contribution in [-0.2, 0) is 0 Å². The average Bonchev–Trinajstić information content (AvgIpc) is 2.56. The van der Waals surface area contributed by atoms with Crippen LogP contribution in [0.1, 0.15) is 13.3 Å². The molecule has 1 aliphatic heterocycles. The first-order valence-electron chi connectivity index (χ1n) is 4.98. The number of nitrogens with one attached hydrogen (secondary N) is 1. The largest absolute Gasteiger partial charge is 0.380 e. The minimum Gasteiger partial charge on any atom is -0.380 e. The van der Waals surface area contributed by atoms with Gasteiger partial charge in [-0.2, -0.15) is 11.8 Å². The predicted octanol–water partition coefficient (Wildman–Crippen LogP) is 4.25. The lowest BCUT2D eigenvalue weighted by molar-refractivity contribution is 0.747. The van der Waals surface area contributed by atoms with Gasteiger partial charge in [-0.3, -0.25) is 0 Å². The summed E-state index contributed by atoms with van der Waals surface area (Å²) in [5.41, 5.74) is 1.07. The Morgan fingerprint density at radius 2 is 2.33 bits per heavy atom. The molecule has 1 nitrogen and oxygen atoms in total.